The van der Waals surface area contributed by atoms with Crippen molar-refractivity contribution >= 4 is 27.5 Å². The maximum absolute atomic E-state index is 12.7. The number of rotatable bonds is 7. The Labute approximate surface area is 182 Å². The van der Waals surface area contributed by atoms with Crippen LogP contribution in [0.1, 0.15) is 29.8 Å². The fourth-order valence-corrected chi connectivity index (χ4v) is 4.95. The Morgan fingerprint density at radius 3 is 2.70 bits per heavy atom. The molecule has 3 aromatic rings. The number of aryl methyl sites for hydroxylation is 1. The second kappa shape index (κ2) is 10.0. The highest BCUT2D eigenvalue weighted by Crippen LogP contribution is 2.23. The molecule has 0 unspecified atom stereocenters. The smallest absolute Gasteiger partial charge is 0.222 e. The molecule has 0 bridgehead atoms. The average Bonchev–Trinajstić information content (AvgIpc) is 3.04. The maximum Gasteiger partial charge on any atom is 0.222 e. The second-order valence-electron chi connectivity index (χ2n) is 7.79. The summed E-state index contributed by atoms with van der Waals surface area (Å²) < 4.78 is 6.46. The van der Waals surface area contributed by atoms with Crippen molar-refractivity contribution in [3.8, 4) is 5.75 Å². The number of aromatic nitrogens is 1. The molecule has 1 aromatic heterocycles. The van der Waals surface area contributed by atoms with E-state index in [0.29, 0.717) is 6.42 Å². The summed E-state index contributed by atoms with van der Waals surface area (Å²) in [5.41, 5.74) is 2.35. The van der Waals surface area contributed by atoms with Crippen molar-refractivity contribution in [2.75, 3.05) is 33.3 Å². The van der Waals surface area contributed by atoms with Gasteiger partial charge in [0, 0.05) is 39.1 Å². The predicted molar refractivity (Wildman–Crippen MR) is 122 cm³/mol. The third-order valence-electron chi connectivity index (χ3n) is 5.63. The van der Waals surface area contributed by atoms with Crippen LogP contribution in [0.3, 0.4) is 0 Å². The van der Waals surface area contributed by atoms with E-state index in [0.717, 1.165) is 68.3 Å². The molecule has 0 radical (unpaired) electrons. The highest BCUT2D eigenvalue weighted by Gasteiger charge is 2.19. The average molecular weight is 424 g/mol. The van der Waals surface area contributed by atoms with Crippen LogP contribution >= 0.6 is 11.3 Å². The predicted octanol–water partition coefficient (Wildman–Crippen LogP) is 4.36. The summed E-state index contributed by atoms with van der Waals surface area (Å²) in [6.07, 6.45) is 3.38. The summed E-state index contributed by atoms with van der Waals surface area (Å²) in [6, 6.07) is 16.5. The van der Waals surface area contributed by atoms with Crippen LogP contribution in [-0.2, 0) is 17.8 Å². The molecule has 0 saturated carbocycles. The third-order valence-corrected chi connectivity index (χ3v) is 6.72. The summed E-state index contributed by atoms with van der Waals surface area (Å²) in [4.78, 5) is 21.9. The first-order valence-corrected chi connectivity index (χ1v) is 11.5. The van der Waals surface area contributed by atoms with Gasteiger partial charge in [0.15, 0.2) is 0 Å². The molecule has 1 amide bonds. The van der Waals surface area contributed by atoms with Crippen LogP contribution in [0.15, 0.2) is 48.5 Å². The van der Waals surface area contributed by atoms with Crippen LogP contribution in [0.5, 0.6) is 5.75 Å². The van der Waals surface area contributed by atoms with Crippen molar-refractivity contribution in [1.82, 2.24) is 14.8 Å². The SMILES string of the molecule is COc1ccc(CN2CCCN(C(=O)CCCc3nc4ccccc4s3)CC2)cc1. The minimum Gasteiger partial charge on any atom is -0.497 e. The Morgan fingerprint density at radius 2 is 1.90 bits per heavy atom. The molecule has 158 valence electrons. The summed E-state index contributed by atoms with van der Waals surface area (Å²) in [5.74, 6) is 1.17. The lowest BCUT2D eigenvalue weighted by molar-refractivity contribution is -0.131. The quantitative estimate of drug-likeness (QED) is 0.566. The molecule has 1 aliphatic heterocycles. The molecule has 6 heteroatoms. The standard InChI is InChI=1S/C24H29N3O2S/c1-29-20-12-10-19(11-13-20)18-26-14-5-15-27(17-16-26)24(28)9-4-8-23-25-21-6-2-3-7-22(21)30-23/h2-3,6-7,10-13H,4-5,8-9,14-18H2,1H3. The highest BCUT2D eigenvalue weighted by atomic mass is 32.1. The first kappa shape index (κ1) is 20.8. The van der Waals surface area contributed by atoms with Crippen molar-refractivity contribution in [1.29, 1.82) is 0 Å². The monoisotopic (exact) mass is 423 g/mol. The number of hydrogen-bond donors (Lipinski definition) is 0. The lowest BCUT2D eigenvalue weighted by atomic mass is 10.2. The molecular formula is C24H29N3O2S. The molecule has 0 spiro atoms. The number of carbonyl (C=O) groups is 1. The van der Waals surface area contributed by atoms with E-state index in [4.69, 9.17) is 4.74 Å². The Kier molecular flexibility index (Phi) is 6.97. The van der Waals surface area contributed by atoms with Gasteiger partial charge in [-0.1, -0.05) is 24.3 Å². The van der Waals surface area contributed by atoms with Gasteiger partial charge in [-0.25, -0.2) is 4.98 Å². The molecule has 2 heterocycles. The van der Waals surface area contributed by atoms with E-state index in [1.165, 1.54) is 10.3 Å². The minimum absolute atomic E-state index is 0.280. The number of carbonyl (C=O) groups excluding carboxylic acids is 1. The van der Waals surface area contributed by atoms with Gasteiger partial charge in [-0.15, -0.1) is 11.3 Å². The summed E-state index contributed by atoms with van der Waals surface area (Å²) in [7, 11) is 1.69. The molecule has 30 heavy (non-hydrogen) atoms. The Morgan fingerprint density at radius 1 is 1.07 bits per heavy atom. The number of benzene rings is 2. The second-order valence-corrected chi connectivity index (χ2v) is 8.90. The van der Waals surface area contributed by atoms with Crippen molar-refractivity contribution in [3.05, 3.63) is 59.1 Å². The van der Waals surface area contributed by atoms with Crippen LogP contribution in [0.25, 0.3) is 10.2 Å². The van der Waals surface area contributed by atoms with E-state index in [-0.39, 0.29) is 5.91 Å². The summed E-state index contributed by atoms with van der Waals surface area (Å²) >= 11 is 1.74. The Hall–Kier alpha value is -2.44. The topological polar surface area (TPSA) is 45.7 Å². The zero-order chi connectivity index (χ0) is 20.8. The van der Waals surface area contributed by atoms with Crippen molar-refractivity contribution in [2.24, 2.45) is 0 Å². The van der Waals surface area contributed by atoms with Crippen LogP contribution in [0.2, 0.25) is 0 Å². The van der Waals surface area contributed by atoms with Crippen molar-refractivity contribution in [2.45, 2.75) is 32.2 Å². The number of thiazole rings is 1. The first-order chi connectivity index (χ1) is 14.7. The van der Waals surface area contributed by atoms with Crippen LogP contribution < -0.4 is 4.74 Å². The number of methoxy groups -OCH3 is 1. The van der Waals surface area contributed by atoms with E-state index in [9.17, 15) is 4.79 Å². The van der Waals surface area contributed by atoms with Gasteiger partial charge < -0.3 is 9.64 Å². The largest absolute Gasteiger partial charge is 0.497 e. The van der Waals surface area contributed by atoms with Crippen LogP contribution in [0.4, 0.5) is 0 Å². The van der Waals surface area contributed by atoms with Crippen LogP contribution in [0, 0.1) is 0 Å². The minimum atomic E-state index is 0.280. The van der Waals surface area contributed by atoms with Gasteiger partial charge in [0.25, 0.3) is 0 Å². The van der Waals surface area contributed by atoms with Gasteiger partial charge in [-0.3, -0.25) is 9.69 Å². The van der Waals surface area contributed by atoms with Gasteiger partial charge in [-0.05, 0) is 49.1 Å². The highest BCUT2D eigenvalue weighted by molar-refractivity contribution is 7.18. The number of para-hydroxylation sites is 1. The molecule has 5 nitrogen and oxygen atoms in total. The Balaban J connectivity index is 1.22. The summed E-state index contributed by atoms with van der Waals surface area (Å²) in [6.45, 7) is 4.55. The van der Waals surface area contributed by atoms with Crippen molar-refractivity contribution < 1.29 is 9.53 Å². The van der Waals surface area contributed by atoms with Gasteiger partial charge >= 0.3 is 0 Å². The first-order valence-electron chi connectivity index (χ1n) is 10.7. The van der Waals surface area contributed by atoms with Gasteiger partial charge in [-0.2, -0.15) is 0 Å². The zero-order valence-electron chi connectivity index (χ0n) is 17.5. The fourth-order valence-electron chi connectivity index (χ4n) is 3.94. The normalized spacial score (nSPS) is 15.3. The summed E-state index contributed by atoms with van der Waals surface area (Å²) in [5, 5.41) is 1.13. The number of ether oxygens (including phenoxy) is 1. The zero-order valence-corrected chi connectivity index (χ0v) is 18.4. The molecule has 2 aromatic carbocycles. The van der Waals surface area contributed by atoms with E-state index in [2.05, 4.69) is 34.1 Å². The number of amides is 1. The molecular weight excluding hydrogens is 394 g/mol. The molecule has 4 rings (SSSR count). The van der Waals surface area contributed by atoms with Gasteiger partial charge in [0.2, 0.25) is 5.91 Å². The number of fused-ring (bicyclic) bond motifs is 1. The fraction of sp³-hybridized carbons (Fsp3) is 0.417. The molecule has 1 aliphatic rings. The lowest BCUT2D eigenvalue weighted by Gasteiger charge is -2.22. The molecule has 1 saturated heterocycles. The molecule has 0 aliphatic carbocycles. The molecule has 1 fully saturated rings. The van der Waals surface area contributed by atoms with Crippen molar-refractivity contribution in [3.63, 3.8) is 0 Å². The van der Waals surface area contributed by atoms with E-state index >= 15 is 0 Å². The third kappa shape index (κ3) is 5.37. The van der Waals surface area contributed by atoms with E-state index < -0.39 is 0 Å². The van der Waals surface area contributed by atoms with Gasteiger partial charge in [0.1, 0.15) is 5.75 Å². The van der Waals surface area contributed by atoms with Gasteiger partial charge in [0.05, 0.1) is 22.3 Å². The number of hydrogen-bond acceptors (Lipinski definition) is 5. The van der Waals surface area contributed by atoms with Crippen LogP contribution in [-0.4, -0.2) is 54.0 Å². The molecule has 0 atom stereocenters. The number of nitrogens with zero attached hydrogens (tertiary/aromatic N) is 3. The maximum atomic E-state index is 12.7. The molecule has 0 N–H and O–H groups in total. The lowest BCUT2D eigenvalue weighted by Crippen LogP contribution is -2.35. The van der Waals surface area contributed by atoms with E-state index in [1.807, 2.05) is 29.2 Å². The van der Waals surface area contributed by atoms with E-state index in [1.54, 1.807) is 18.4 Å². The Bertz CT molecular complexity index is 937.